The minimum atomic E-state index is -4.08. The van der Waals surface area contributed by atoms with Crippen molar-refractivity contribution in [2.45, 2.75) is 117 Å². The van der Waals surface area contributed by atoms with Gasteiger partial charge in [-0.2, -0.15) is 8.42 Å². The van der Waals surface area contributed by atoms with Crippen molar-refractivity contribution in [3.63, 3.8) is 0 Å². The van der Waals surface area contributed by atoms with Crippen molar-refractivity contribution in [3.05, 3.63) is 28.8 Å². The zero-order valence-corrected chi connectivity index (χ0v) is 20.3. The highest BCUT2D eigenvalue weighted by Crippen LogP contribution is 2.33. The quantitative estimate of drug-likeness (QED) is 0.198. The van der Waals surface area contributed by atoms with E-state index in [4.69, 9.17) is 0 Å². The fraction of sp³-hybridized carbons (Fsp3) is 0.760. The Morgan fingerprint density at radius 2 is 1.30 bits per heavy atom. The van der Waals surface area contributed by atoms with Crippen LogP contribution in [0.4, 0.5) is 0 Å². The molecule has 1 unspecified atom stereocenters. The molecule has 2 N–H and O–H groups in total. The summed E-state index contributed by atoms with van der Waals surface area (Å²) >= 11 is 0. The molecule has 1 atom stereocenters. The normalized spacial score (nSPS) is 12.9. The minimum absolute atomic E-state index is 0.214. The van der Waals surface area contributed by atoms with Crippen LogP contribution in [0.3, 0.4) is 0 Å². The van der Waals surface area contributed by atoms with Gasteiger partial charge in [0.1, 0.15) is 5.75 Å². The monoisotopic (exact) mass is 440 g/mol. The van der Waals surface area contributed by atoms with Crippen LogP contribution in [-0.4, -0.2) is 23.8 Å². The highest BCUT2D eigenvalue weighted by molar-refractivity contribution is 7.85. The Kier molecular flexibility index (Phi) is 13.3. The Labute approximate surface area is 185 Å². The summed E-state index contributed by atoms with van der Waals surface area (Å²) < 4.78 is 32.0. The zero-order valence-electron chi connectivity index (χ0n) is 19.5. The number of benzene rings is 1. The van der Waals surface area contributed by atoms with E-state index in [2.05, 4.69) is 19.9 Å². The van der Waals surface area contributed by atoms with Crippen LogP contribution in [0, 0.1) is 0 Å². The SMILES string of the molecule is CCCCCCCCc1cc(CCCCCCCC)c(O)c(C(C)CS(=O)(=O)O)c1. The molecule has 0 aromatic heterocycles. The summed E-state index contributed by atoms with van der Waals surface area (Å²) in [7, 11) is -4.08. The highest BCUT2D eigenvalue weighted by atomic mass is 32.2. The van der Waals surface area contributed by atoms with Crippen molar-refractivity contribution in [1.29, 1.82) is 0 Å². The van der Waals surface area contributed by atoms with E-state index in [1.807, 2.05) is 6.07 Å². The van der Waals surface area contributed by atoms with Gasteiger partial charge >= 0.3 is 0 Å². The van der Waals surface area contributed by atoms with Gasteiger partial charge in [0.05, 0.1) is 5.75 Å². The van der Waals surface area contributed by atoms with Gasteiger partial charge in [0.25, 0.3) is 10.1 Å². The van der Waals surface area contributed by atoms with Gasteiger partial charge in [0.15, 0.2) is 0 Å². The standard InChI is InChI=1S/C25H44O4S/c1-4-6-8-10-12-14-16-22-18-23(17-15-13-11-9-7-5-2)25(26)24(19-22)21(3)20-30(27,28)29/h18-19,21,26H,4-17,20H2,1-3H3,(H,27,28,29). The molecule has 0 saturated carbocycles. The number of rotatable bonds is 17. The third kappa shape index (κ3) is 11.4. The molecule has 0 aliphatic carbocycles. The Balaban J connectivity index is 2.83. The molecule has 0 spiro atoms. The third-order valence-electron chi connectivity index (χ3n) is 5.89. The second-order valence-corrected chi connectivity index (χ2v) is 10.4. The molecule has 0 bridgehead atoms. The van der Waals surface area contributed by atoms with Crippen molar-refractivity contribution in [3.8, 4) is 5.75 Å². The lowest BCUT2D eigenvalue weighted by molar-refractivity contribution is 0.452. The van der Waals surface area contributed by atoms with Gasteiger partial charge in [-0.05, 0) is 42.4 Å². The molecule has 1 aromatic rings. The smallest absolute Gasteiger partial charge is 0.265 e. The van der Waals surface area contributed by atoms with Gasteiger partial charge in [-0.15, -0.1) is 0 Å². The van der Waals surface area contributed by atoms with E-state index >= 15 is 0 Å². The molecule has 0 aliphatic heterocycles. The maximum absolute atomic E-state index is 11.4. The van der Waals surface area contributed by atoms with E-state index in [0.717, 1.165) is 37.7 Å². The molecule has 1 aromatic carbocycles. The van der Waals surface area contributed by atoms with E-state index in [1.165, 1.54) is 63.4 Å². The topological polar surface area (TPSA) is 74.6 Å². The highest BCUT2D eigenvalue weighted by Gasteiger charge is 2.20. The van der Waals surface area contributed by atoms with Crippen molar-refractivity contribution < 1.29 is 18.1 Å². The van der Waals surface area contributed by atoms with Crippen LogP contribution in [0.1, 0.15) is 120 Å². The van der Waals surface area contributed by atoms with Crippen LogP contribution in [0.5, 0.6) is 5.75 Å². The van der Waals surface area contributed by atoms with E-state index in [-0.39, 0.29) is 11.5 Å². The number of aromatic hydroxyl groups is 1. The second-order valence-electron chi connectivity index (χ2n) is 8.88. The molecule has 5 heteroatoms. The van der Waals surface area contributed by atoms with Crippen LogP contribution in [0.2, 0.25) is 0 Å². The molecule has 0 amide bonds. The summed E-state index contributed by atoms with van der Waals surface area (Å²) in [5.74, 6) is -0.587. The molecule has 30 heavy (non-hydrogen) atoms. The third-order valence-corrected chi connectivity index (χ3v) is 6.81. The molecule has 1 rings (SSSR count). The van der Waals surface area contributed by atoms with Crippen LogP contribution >= 0.6 is 0 Å². The lowest BCUT2D eigenvalue weighted by Crippen LogP contribution is -2.12. The fourth-order valence-corrected chi connectivity index (χ4v) is 4.92. The predicted octanol–water partition coefficient (Wildman–Crippen LogP) is 7.19. The summed E-state index contributed by atoms with van der Waals surface area (Å²) in [5.41, 5.74) is 2.74. The first-order valence-corrected chi connectivity index (χ1v) is 13.7. The maximum Gasteiger partial charge on any atom is 0.265 e. The molecular weight excluding hydrogens is 396 g/mol. The summed E-state index contributed by atoms with van der Waals surface area (Å²) in [4.78, 5) is 0. The van der Waals surface area contributed by atoms with Crippen LogP contribution in [-0.2, 0) is 23.0 Å². The summed E-state index contributed by atoms with van der Waals surface area (Å²) in [6.07, 6.45) is 16.3. The number of unbranched alkanes of at least 4 members (excludes halogenated alkanes) is 10. The number of phenols is 1. The van der Waals surface area contributed by atoms with E-state index in [0.29, 0.717) is 5.56 Å². The van der Waals surface area contributed by atoms with Crippen molar-refractivity contribution in [1.82, 2.24) is 0 Å². The second kappa shape index (κ2) is 14.9. The maximum atomic E-state index is 11.4. The first-order valence-electron chi connectivity index (χ1n) is 12.1. The minimum Gasteiger partial charge on any atom is -0.507 e. The Morgan fingerprint density at radius 3 is 1.83 bits per heavy atom. The van der Waals surface area contributed by atoms with Gasteiger partial charge in [0.2, 0.25) is 0 Å². The van der Waals surface area contributed by atoms with E-state index < -0.39 is 16.0 Å². The molecule has 0 fully saturated rings. The molecule has 0 saturated heterocycles. The lowest BCUT2D eigenvalue weighted by Gasteiger charge is -2.18. The molecule has 174 valence electrons. The molecule has 0 radical (unpaired) electrons. The Bertz CT molecular complexity index is 697. The lowest BCUT2D eigenvalue weighted by atomic mass is 9.92. The van der Waals surface area contributed by atoms with Crippen molar-refractivity contribution in [2.24, 2.45) is 0 Å². The van der Waals surface area contributed by atoms with Gasteiger partial charge in [-0.3, -0.25) is 4.55 Å². The molecular formula is C25H44O4S. The first kappa shape index (κ1) is 27.0. The van der Waals surface area contributed by atoms with Gasteiger partial charge < -0.3 is 5.11 Å². The van der Waals surface area contributed by atoms with Gasteiger partial charge in [0, 0.05) is 5.92 Å². The number of hydrogen-bond donors (Lipinski definition) is 2. The average Bonchev–Trinajstić information content (AvgIpc) is 2.67. The van der Waals surface area contributed by atoms with E-state index in [1.54, 1.807) is 6.92 Å². The average molecular weight is 441 g/mol. The molecule has 4 nitrogen and oxygen atoms in total. The molecule has 0 aliphatic rings. The predicted molar refractivity (Wildman–Crippen MR) is 127 cm³/mol. The number of phenolic OH excluding ortho intramolecular Hbond substituents is 1. The molecule has 0 heterocycles. The number of hydrogen-bond acceptors (Lipinski definition) is 3. The van der Waals surface area contributed by atoms with Gasteiger partial charge in [-0.25, -0.2) is 0 Å². The van der Waals surface area contributed by atoms with Crippen molar-refractivity contribution in [2.75, 3.05) is 5.75 Å². The van der Waals surface area contributed by atoms with Crippen LogP contribution in [0.25, 0.3) is 0 Å². The van der Waals surface area contributed by atoms with Crippen LogP contribution < -0.4 is 0 Å². The Hall–Kier alpha value is -1.07. The fourth-order valence-electron chi connectivity index (χ4n) is 4.11. The Morgan fingerprint density at radius 1 is 0.800 bits per heavy atom. The summed E-state index contributed by atoms with van der Waals surface area (Å²) in [6, 6.07) is 4.05. The van der Waals surface area contributed by atoms with Crippen molar-refractivity contribution >= 4 is 10.1 Å². The van der Waals surface area contributed by atoms with E-state index in [9.17, 15) is 18.1 Å². The summed E-state index contributed by atoms with van der Waals surface area (Å²) in [5, 5.41) is 10.8. The first-order chi connectivity index (χ1) is 14.3. The zero-order chi connectivity index (χ0) is 22.4. The van der Waals surface area contributed by atoms with Gasteiger partial charge in [-0.1, -0.05) is 97.1 Å². The number of aryl methyl sites for hydroxylation is 2. The summed E-state index contributed by atoms with van der Waals surface area (Å²) in [6.45, 7) is 6.19. The van der Waals surface area contributed by atoms with Crippen LogP contribution in [0.15, 0.2) is 12.1 Å². The largest absolute Gasteiger partial charge is 0.507 e.